The monoisotopic (exact) mass is 481 g/mol. The van der Waals surface area contributed by atoms with Gasteiger partial charge in [0, 0.05) is 42.9 Å². The van der Waals surface area contributed by atoms with E-state index in [9.17, 15) is 8.42 Å². The van der Waals surface area contributed by atoms with Gasteiger partial charge in [-0.15, -0.1) is 0 Å². The van der Waals surface area contributed by atoms with Gasteiger partial charge in [0.05, 0.1) is 12.0 Å². The van der Waals surface area contributed by atoms with Crippen LogP contribution in [0.25, 0.3) is 0 Å². The number of halogens is 1. The first-order chi connectivity index (χ1) is 13.9. The minimum Gasteiger partial charge on any atom is -0.497 e. The van der Waals surface area contributed by atoms with Gasteiger partial charge < -0.3 is 9.64 Å². The van der Waals surface area contributed by atoms with Gasteiger partial charge in [-0.1, -0.05) is 15.9 Å². The maximum atomic E-state index is 12.4. The van der Waals surface area contributed by atoms with Gasteiger partial charge >= 0.3 is 0 Å². The molecule has 0 amide bonds. The van der Waals surface area contributed by atoms with Crippen LogP contribution in [0.1, 0.15) is 12.0 Å². The minimum absolute atomic E-state index is 0.311. The maximum absolute atomic E-state index is 12.4. The average Bonchev–Trinajstić information content (AvgIpc) is 2.73. The van der Waals surface area contributed by atoms with E-state index in [1.54, 1.807) is 25.3 Å². The number of hydrogen-bond acceptors (Lipinski definition) is 5. The number of anilines is 1. The highest BCUT2D eigenvalue weighted by molar-refractivity contribution is 9.10. The van der Waals surface area contributed by atoms with Gasteiger partial charge in [-0.2, -0.15) is 0 Å². The van der Waals surface area contributed by atoms with E-state index in [1.807, 2.05) is 19.1 Å². The zero-order valence-corrected chi connectivity index (χ0v) is 19.3. The van der Waals surface area contributed by atoms with E-state index in [2.05, 4.69) is 42.6 Å². The number of methoxy groups -OCH3 is 1. The number of benzene rings is 2. The van der Waals surface area contributed by atoms with Crippen LogP contribution in [-0.4, -0.2) is 59.7 Å². The lowest BCUT2D eigenvalue weighted by Gasteiger charge is -2.36. The van der Waals surface area contributed by atoms with Crippen LogP contribution in [-0.2, 0) is 10.0 Å². The highest BCUT2D eigenvalue weighted by Crippen LogP contribution is 2.21. The van der Waals surface area contributed by atoms with E-state index in [1.165, 1.54) is 5.69 Å². The Labute approximate surface area is 182 Å². The van der Waals surface area contributed by atoms with Crippen molar-refractivity contribution in [1.82, 2.24) is 9.62 Å². The average molecular weight is 482 g/mol. The molecule has 3 rings (SSSR count). The van der Waals surface area contributed by atoms with Crippen LogP contribution in [0.3, 0.4) is 0 Å². The predicted molar refractivity (Wildman–Crippen MR) is 120 cm³/mol. The number of nitrogens with one attached hydrogen (secondary N) is 1. The Morgan fingerprint density at radius 1 is 1.07 bits per heavy atom. The van der Waals surface area contributed by atoms with Crippen molar-refractivity contribution in [3.05, 3.63) is 52.5 Å². The molecule has 1 aliphatic rings. The van der Waals surface area contributed by atoms with Crippen LogP contribution in [0, 0.1) is 6.92 Å². The van der Waals surface area contributed by atoms with Crippen molar-refractivity contribution >= 4 is 31.6 Å². The molecule has 0 bridgehead atoms. The third-order valence-corrected chi connectivity index (χ3v) is 7.54. The molecule has 0 radical (unpaired) electrons. The molecule has 1 fully saturated rings. The lowest BCUT2D eigenvalue weighted by Crippen LogP contribution is -2.47. The van der Waals surface area contributed by atoms with Crippen molar-refractivity contribution in [2.75, 3.05) is 51.3 Å². The molecule has 0 spiro atoms. The van der Waals surface area contributed by atoms with E-state index in [4.69, 9.17) is 4.74 Å². The summed E-state index contributed by atoms with van der Waals surface area (Å²) in [6.07, 6.45) is 0.789. The van der Waals surface area contributed by atoms with Gasteiger partial charge in [0.25, 0.3) is 0 Å². The number of ether oxygens (including phenoxy) is 1. The van der Waals surface area contributed by atoms with Gasteiger partial charge in [-0.05, 0) is 67.9 Å². The zero-order chi connectivity index (χ0) is 20.9. The summed E-state index contributed by atoms with van der Waals surface area (Å²) in [5, 5.41) is 0. The van der Waals surface area contributed by atoms with Crippen LogP contribution >= 0.6 is 15.9 Å². The lowest BCUT2D eigenvalue weighted by atomic mass is 10.2. The second-order valence-electron chi connectivity index (χ2n) is 7.19. The lowest BCUT2D eigenvalue weighted by molar-refractivity contribution is 0.255. The van der Waals surface area contributed by atoms with Crippen molar-refractivity contribution in [3.8, 4) is 5.75 Å². The molecule has 29 heavy (non-hydrogen) atoms. The molecule has 0 aliphatic carbocycles. The Morgan fingerprint density at radius 3 is 2.38 bits per heavy atom. The minimum atomic E-state index is -3.46. The first kappa shape index (κ1) is 22.1. The summed E-state index contributed by atoms with van der Waals surface area (Å²) < 4.78 is 33.7. The van der Waals surface area contributed by atoms with Crippen LogP contribution in [0.5, 0.6) is 5.75 Å². The number of nitrogens with zero attached hydrogens (tertiary/aromatic N) is 2. The zero-order valence-electron chi connectivity index (χ0n) is 16.9. The van der Waals surface area contributed by atoms with Crippen LogP contribution in [0.15, 0.2) is 51.8 Å². The molecule has 2 aromatic rings. The summed E-state index contributed by atoms with van der Waals surface area (Å²) in [5.41, 5.74) is 2.12. The molecule has 0 aromatic heterocycles. The fourth-order valence-corrected chi connectivity index (χ4v) is 4.81. The van der Waals surface area contributed by atoms with Crippen molar-refractivity contribution in [1.29, 1.82) is 0 Å². The van der Waals surface area contributed by atoms with Crippen LogP contribution in [0.2, 0.25) is 0 Å². The Kier molecular flexibility index (Phi) is 7.56. The third kappa shape index (κ3) is 5.94. The Bertz CT molecular complexity index is 911. The first-order valence-corrected chi connectivity index (χ1v) is 12.0. The van der Waals surface area contributed by atoms with Gasteiger partial charge in [-0.25, -0.2) is 13.1 Å². The normalized spacial score (nSPS) is 15.5. The number of sulfonamides is 1. The maximum Gasteiger partial charge on any atom is 0.240 e. The third-order valence-electron chi connectivity index (χ3n) is 5.19. The molecule has 2 aromatic carbocycles. The summed E-state index contributed by atoms with van der Waals surface area (Å²) in [4.78, 5) is 5.07. The van der Waals surface area contributed by atoms with E-state index >= 15 is 0 Å². The van der Waals surface area contributed by atoms with E-state index in [0.29, 0.717) is 11.4 Å². The number of rotatable bonds is 8. The van der Waals surface area contributed by atoms with E-state index in [0.717, 1.165) is 54.9 Å². The number of aryl methyl sites for hydroxylation is 1. The highest BCUT2D eigenvalue weighted by atomic mass is 79.9. The molecule has 8 heteroatoms. The van der Waals surface area contributed by atoms with Gasteiger partial charge in [0.1, 0.15) is 5.75 Å². The molecule has 0 atom stereocenters. The quantitative estimate of drug-likeness (QED) is 0.586. The first-order valence-electron chi connectivity index (χ1n) is 9.76. The highest BCUT2D eigenvalue weighted by Gasteiger charge is 2.18. The molecule has 0 saturated carbocycles. The summed E-state index contributed by atoms with van der Waals surface area (Å²) in [7, 11) is -1.79. The Hall–Kier alpha value is -1.61. The molecular weight excluding hydrogens is 454 g/mol. The second-order valence-corrected chi connectivity index (χ2v) is 9.81. The Morgan fingerprint density at radius 2 is 1.76 bits per heavy atom. The fraction of sp³-hybridized carbons (Fsp3) is 0.429. The summed E-state index contributed by atoms with van der Waals surface area (Å²) in [6.45, 7) is 7.10. The summed E-state index contributed by atoms with van der Waals surface area (Å²) in [5.74, 6) is 0.869. The van der Waals surface area contributed by atoms with Gasteiger partial charge in [0.15, 0.2) is 0 Å². The number of piperazine rings is 1. The molecule has 1 saturated heterocycles. The van der Waals surface area contributed by atoms with Gasteiger partial charge in [-0.3, -0.25) is 4.90 Å². The van der Waals surface area contributed by atoms with Crippen molar-refractivity contribution in [2.24, 2.45) is 0 Å². The van der Waals surface area contributed by atoms with Gasteiger partial charge in [0.2, 0.25) is 10.0 Å². The Balaban J connectivity index is 1.40. The fourth-order valence-electron chi connectivity index (χ4n) is 3.40. The molecular formula is C21H28BrN3O3S. The molecule has 0 unspecified atom stereocenters. The molecule has 1 N–H and O–H groups in total. The standard InChI is InChI=1S/C21H28BrN3O3S/c1-17-16-20(8-9-21(17)22)29(26,27)23-10-3-11-24-12-14-25(15-13-24)18-4-6-19(28-2)7-5-18/h4-9,16,23H,3,10-15H2,1-2H3. The van der Waals surface area contributed by atoms with E-state index in [-0.39, 0.29) is 0 Å². The molecule has 6 nitrogen and oxygen atoms in total. The van der Waals surface area contributed by atoms with Crippen LogP contribution in [0.4, 0.5) is 5.69 Å². The smallest absolute Gasteiger partial charge is 0.240 e. The largest absolute Gasteiger partial charge is 0.497 e. The van der Waals surface area contributed by atoms with E-state index < -0.39 is 10.0 Å². The topological polar surface area (TPSA) is 61.9 Å². The number of hydrogen-bond donors (Lipinski definition) is 1. The second kappa shape index (κ2) is 9.93. The predicted octanol–water partition coefficient (Wildman–Crippen LogP) is 3.26. The summed E-state index contributed by atoms with van der Waals surface area (Å²) in [6, 6.07) is 13.2. The molecule has 1 aliphatic heterocycles. The SMILES string of the molecule is COc1ccc(N2CCN(CCCNS(=O)(=O)c3ccc(Br)c(C)c3)CC2)cc1. The molecule has 158 valence electrons. The van der Waals surface area contributed by atoms with Crippen molar-refractivity contribution < 1.29 is 13.2 Å². The van der Waals surface area contributed by atoms with Crippen LogP contribution < -0.4 is 14.4 Å². The molecule has 1 heterocycles. The summed E-state index contributed by atoms with van der Waals surface area (Å²) >= 11 is 3.40. The van der Waals surface area contributed by atoms with Crippen molar-refractivity contribution in [2.45, 2.75) is 18.2 Å². The van der Waals surface area contributed by atoms with Crippen molar-refractivity contribution in [3.63, 3.8) is 0 Å².